The van der Waals surface area contributed by atoms with Crippen LogP contribution < -0.4 is 10.1 Å². The molecule has 0 unspecified atom stereocenters. The Morgan fingerprint density at radius 1 is 1.05 bits per heavy atom. The van der Waals surface area contributed by atoms with Crippen LogP contribution in [0.4, 0.5) is 5.95 Å². The molecule has 22 heavy (non-hydrogen) atoms. The molecule has 0 aromatic carbocycles. The van der Waals surface area contributed by atoms with Crippen LogP contribution in [0.25, 0.3) is 11.1 Å². The van der Waals surface area contributed by atoms with Gasteiger partial charge in [0.15, 0.2) is 0 Å². The van der Waals surface area contributed by atoms with Gasteiger partial charge in [0.25, 0.3) is 0 Å². The largest absolute Gasteiger partial charge is 0.481 e. The lowest BCUT2D eigenvalue weighted by Crippen LogP contribution is -2.26. The molecule has 5 heteroatoms. The van der Waals surface area contributed by atoms with Crippen molar-refractivity contribution in [3.63, 3.8) is 0 Å². The first-order chi connectivity index (χ1) is 10.7. The molecule has 0 atom stereocenters. The maximum atomic E-state index is 5.14. The second-order valence-corrected chi connectivity index (χ2v) is 5.98. The fourth-order valence-corrected chi connectivity index (χ4v) is 2.84. The van der Waals surface area contributed by atoms with Crippen LogP contribution in [0.1, 0.15) is 32.6 Å². The standard InChI is InChI=1S/C17H22N4O/c1-12-3-5-15(6-4-12)21-17-19-10-14(11-20-17)13-7-8-18-16(9-13)22-2/h7-12,15H,3-6H2,1-2H3,(H,19,20,21). The number of hydrogen-bond donors (Lipinski definition) is 1. The zero-order valence-corrected chi connectivity index (χ0v) is 13.1. The Hall–Kier alpha value is -2.17. The van der Waals surface area contributed by atoms with E-state index in [1.54, 1.807) is 13.3 Å². The Morgan fingerprint density at radius 2 is 1.77 bits per heavy atom. The van der Waals surface area contributed by atoms with Gasteiger partial charge in [-0.15, -0.1) is 0 Å². The molecule has 2 aromatic rings. The normalized spacial score (nSPS) is 21.4. The van der Waals surface area contributed by atoms with Gasteiger partial charge in [-0.05, 0) is 43.2 Å². The molecule has 1 N–H and O–H groups in total. The molecule has 1 saturated carbocycles. The van der Waals surface area contributed by atoms with E-state index in [0.29, 0.717) is 17.9 Å². The molecule has 116 valence electrons. The monoisotopic (exact) mass is 298 g/mol. The van der Waals surface area contributed by atoms with Gasteiger partial charge in [-0.2, -0.15) is 0 Å². The van der Waals surface area contributed by atoms with Gasteiger partial charge in [-0.1, -0.05) is 6.92 Å². The number of pyridine rings is 1. The molecule has 0 aliphatic heterocycles. The lowest BCUT2D eigenvalue weighted by atomic mass is 9.87. The van der Waals surface area contributed by atoms with Crippen molar-refractivity contribution in [1.82, 2.24) is 15.0 Å². The van der Waals surface area contributed by atoms with E-state index in [-0.39, 0.29) is 0 Å². The number of anilines is 1. The van der Waals surface area contributed by atoms with Crippen molar-refractivity contribution in [3.05, 3.63) is 30.7 Å². The summed E-state index contributed by atoms with van der Waals surface area (Å²) in [5.74, 6) is 2.16. The second kappa shape index (κ2) is 6.73. The molecule has 1 fully saturated rings. The van der Waals surface area contributed by atoms with E-state index in [2.05, 4.69) is 27.2 Å². The zero-order chi connectivity index (χ0) is 15.4. The van der Waals surface area contributed by atoms with Crippen LogP contribution in [0.5, 0.6) is 5.88 Å². The molecule has 5 nitrogen and oxygen atoms in total. The third kappa shape index (κ3) is 3.53. The fourth-order valence-electron chi connectivity index (χ4n) is 2.84. The zero-order valence-electron chi connectivity index (χ0n) is 13.1. The average Bonchev–Trinajstić information content (AvgIpc) is 2.58. The summed E-state index contributed by atoms with van der Waals surface area (Å²) in [5.41, 5.74) is 1.97. The minimum atomic E-state index is 0.503. The van der Waals surface area contributed by atoms with E-state index in [4.69, 9.17) is 4.74 Å². The molecule has 1 aliphatic carbocycles. The molecule has 0 amide bonds. The van der Waals surface area contributed by atoms with Gasteiger partial charge in [0, 0.05) is 36.3 Å². The highest BCUT2D eigenvalue weighted by Crippen LogP contribution is 2.26. The summed E-state index contributed by atoms with van der Waals surface area (Å²) in [7, 11) is 1.61. The second-order valence-electron chi connectivity index (χ2n) is 5.98. The van der Waals surface area contributed by atoms with Gasteiger partial charge in [-0.3, -0.25) is 0 Å². The maximum Gasteiger partial charge on any atom is 0.222 e. The van der Waals surface area contributed by atoms with Crippen molar-refractivity contribution in [2.24, 2.45) is 5.92 Å². The van der Waals surface area contributed by atoms with Gasteiger partial charge in [0.2, 0.25) is 11.8 Å². The summed E-state index contributed by atoms with van der Waals surface area (Å²) in [5, 5.41) is 3.44. The Balaban J connectivity index is 1.67. The summed E-state index contributed by atoms with van der Waals surface area (Å²) in [4.78, 5) is 13.0. The third-order valence-electron chi connectivity index (χ3n) is 4.28. The fraction of sp³-hybridized carbons (Fsp3) is 0.471. The molecular weight excluding hydrogens is 276 g/mol. The number of aromatic nitrogens is 3. The Kier molecular flexibility index (Phi) is 4.51. The highest BCUT2D eigenvalue weighted by molar-refractivity contribution is 5.62. The predicted molar refractivity (Wildman–Crippen MR) is 86.9 cm³/mol. The van der Waals surface area contributed by atoms with Crippen LogP contribution in [0.15, 0.2) is 30.7 Å². The van der Waals surface area contributed by atoms with Crippen molar-refractivity contribution in [1.29, 1.82) is 0 Å². The molecule has 1 aliphatic rings. The molecule has 0 spiro atoms. The van der Waals surface area contributed by atoms with Crippen LogP contribution in [-0.4, -0.2) is 28.1 Å². The Bertz CT molecular complexity index is 606. The SMILES string of the molecule is COc1cc(-c2cnc(NC3CCC(C)CC3)nc2)ccn1. The van der Waals surface area contributed by atoms with Crippen molar-refractivity contribution in [2.75, 3.05) is 12.4 Å². The van der Waals surface area contributed by atoms with Gasteiger partial charge < -0.3 is 10.1 Å². The first kappa shape index (κ1) is 14.8. The number of nitrogens with one attached hydrogen (secondary N) is 1. The maximum absolute atomic E-state index is 5.14. The van der Waals surface area contributed by atoms with Crippen LogP contribution >= 0.6 is 0 Å². The molecule has 2 aromatic heterocycles. The first-order valence-corrected chi connectivity index (χ1v) is 7.83. The number of methoxy groups -OCH3 is 1. The van der Waals surface area contributed by atoms with E-state index >= 15 is 0 Å². The van der Waals surface area contributed by atoms with Crippen LogP contribution in [0, 0.1) is 5.92 Å². The van der Waals surface area contributed by atoms with Crippen molar-refractivity contribution >= 4 is 5.95 Å². The molecule has 3 rings (SSSR count). The Labute approximate surface area is 131 Å². The molecule has 2 heterocycles. The quantitative estimate of drug-likeness (QED) is 0.935. The van der Waals surface area contributed by atoms with Crippen LogP contribution in [0.3, 0.4) is 0 Å². The van der Waals surface area contributed by atoms with Crippen molar-refractivity contribution in [2.45, 2.75) is 38.6 Å². The van der Waals surface area contributed by atoms with E-state index < -0.39 is 0 Å². The average molecular weight is 298 g/mol. The minimum absolute atomic E-state index is 0.503. The van der Waals surface area contributed by atoms with Gasteiger partial charge in [0.1, 0.15) is 0 Å². The molecule has 0 saturated heterocycles. The Morgan fingerprint density at radius 3 is 2.45 bits per heavy atom. The van der Waals surface area contributed by atoms with Crippen molar-refractivity contribution in [3.8, 4) is 17.0 Å². The summed E-state index contributed by atoms with van der Waals surface area (Å²) < 4.78 is 5.14. The third-order valence-corrected chi connectivity index (χ3v) is 4.28. The van der Waals surface area contributed by atoms with E-state index in [1.807, 2.05) is 24.5 Å². The number of hydrogen-bond acceptors (Lipinski definition) is 5. The summed E-state index contributed by atoms with van der Waals surface area (Å²) in [6, 6.07) is 4.31. The first-order valence-electron chi connectivity index (χ1n) is 7.83. The number of nitrogens with zero attached hydrogens (tertiary/aromatic N) is 3. The van der Waals surface area contributed by atoms with Gasteiger partial charge in [0.05, 0.1) is 7.11 Å². The molecular formula is C17H22N4O. The van der Waals surface area contributed by atoms with Crippen LogP contribution in [-0.2, 0) is 0 Å². The smallest absolute Gasteiger partial charge is 0.222 e. The van der Waals surface area contributed by atoms with E-state index in [0.717, 1.165) is 17.0 Å². The summed E-state index contributed by atoms with van der Waals surface area (Å²) >= 11 is 0. The number of rotatable bonds is 4. The lowest BCUT2D eigenvalue weighted by molar-refractivity contribution is 0.360. The lowest BCUT2D eigenvalue weighted by Gasteiger charge is -2.26. The van der Waals surface area contributed by atoms with Gasteiger partial charge >= 0.3 is 0 Å². The summed E-state index contributed by atoms with van der Waals surface area (Å²) in [6.45, 7) is 2.32. The topological polar surface area (TPSA) is 59.9 Å². The van der Waals surface area contributed by atoms with Crippen molar-refractivity contribution < 1.29 is 4.74 Å². The number of ether oxygens (including phenoxy) is 1. The molecule has 0 radical (unpaired) electrons. The highest BCUT2D eigenvalue weighted by atomic mass is 16.5. The van der Waals surface area contributed by atoms with E-state index in [9.17, 15) is 0 Å². The van der Waals surface area contributed by atoms with Gasteiger partial charge in [-0.25, -0.2) is 15.0 Å². The highest BCUT2D eigenvalue weighted by Gasteiger charge is 2.18. The minimum Gasteiger partial charge on any atom is -0.481 e. The van der Waals surface area contributed by atoms with Crippen LogP contribution in [0.2, 0.25) is 0 Å². The predicted octanol–water partition coefficient (Wildman–Crippen LogP) is 3.54. The summed E-state index contributed by atoms with van der Waals surface area (Å²) in [6.07, 6.45) is 10.4. The molecule has 0 bridgehead atoms. The van der Waals surface area contributed by atoms with E-state index in [1.165, 1.54) is 25.7 Å².